The van der Waals surface area contributed by atoms with Gasteiger partial charge in [-0.3, -0.25) is 9.59 Å². The predicted molar refractivity (Wildman–Crippen MR) is 104 cm³/mol. The molecule has 2 amide bonds. The van der Waals surface area contributed by atoms with Gasteiger partial charge in [0, 0.05) is 23.7 Å². The van der Waals surface area contributed by atoms with E-state index in [2.05, 4.69) is 10.6 Å². The standard InChI is InChI=1S/C20H20ClN3O3/c21-14-6-2-1-5-13(14)17(25)18(26)24-11-9-20(10-12-24)19(27)22-15-7-3-4-8-16(15)23-20/h1-8,17,23,25H,9-12H2,(H,22,27)/t17-/m0/s1. The number of hydrogen-bond donors (Lipinski definition) is 3. The maximum Gasteiger partial charge on any atom is 0.256 e. The maximum absolute atomic E-state index is 12.7. The SMILES string of the molecule is O=C([C@@H](O)c1ccccc1Cl)N1CCC2(CC1)Nc1ccccc1NC2=O. The first kappa shape index (κ1) is 17.8. The van der Waals surface area contributed by atoms with Crippen molar-refractivity contribution in [3.05, 3.63) is 59.1 Å². The number of amides is 2. The molecule has 27 heavy (non-hydrogen) atoms. The molecule has 2 heterocycles. The summed E-state index contributed by atoms with van der Waals surface area (Å²) in [5.74, 6) is -0.477. The first-order valence-electron chi connectivity index (χ1n) is 8.90. The molecule has 0 aromatic heterocycles. The lowest BCUT2D eigenvalue weighted by molar-refractivity contribution is -0.143. The minimum atomic E-state index is -1.30. The number of hydrogen-bond acceptors (Lipinski definition) is 4. The first-order chi connectivity index (χ1) is 13.0. The summed E-state index contributed by atoms with van der Waals surface area (Å²) in [6.07, 6.45) is -0.371. The third-order valence-electron chi connectivity index (χ3n) is 5.35. The zero-order chi connectivity index (χ0) is 19.0. The third kappa shape index (κ3) is 3.15. The number of carbonyl (C=O) groups is 2. The van der Waals surface area contributed by atoms with E-state index in [0.717, 1.165) is 11.4 Å². The number of piperidine rings is 1. The van der Waals surface area contributed by atoms with E-state index >= 15 is 0 Å². The molecule has 0 unspecified atom stereocenters. The molecule has 1 saturated heterocycles. The Morgan fingerprint density at radius 3 is 2.41 bits per heavy atom. The number of aliphatic hydroxyl groups is 1. The van der Waals surface area contributed by atoms with Gasteiger partial charge in [0.2, 0.25) is 5.91 Å². The van der Waals surface area contributed by atoms with Crippen LogP contribution in [0.2, 0.25) is 5.02 Å². The van der Waals surface area contributed by atoms with E-state index in [1.165, 1.54) is 0 Å². The van der Waals surface area contributed by atoms with Crippen LogP contribution in [0.25, 0.3) is 0 Å². The van der Waals surface area contributed by atoms with Crippen LogP contribution in [0.4, 0.5) is 11.4 Å². The fraction of sp³-hybridized carbons (Fsp3) is 0.300. The summed E-state index contributed by atoms with van der Waals surface area (Å²) in [6.45, 7) is 0.756. The Morgan fingerprint density at radius 1 is 1.07 bits per heavy atom. The summed E-state index contributed by atoms with van der Waals surface area (Å²) >= 11 is 6.09. The van der Waals surface area contributed by atoms with E-state index in [1.54, 1.807) is 29.2 Å². The van der Waals surface area contributed by atoms with Crippen molar-refractivity contribution in [3.63, 3.8) is 0 Å². The van der Waals surface area contributed by atoms with Crippen LogP contribution in [0.15, 0.2) is 48.5 Å². The number of para-hydroxylation sites is 2. The maximum atomic E-state index is 12.7. The molecule has 4 rings (SSSR count). The summed E-state index contributed by atoms with van der Waals surface area (Å²) in [4.78, 5) is 27.0. The van der Waals surface area contributed by atoms with E-state index in [4.69, 9.17) is 11.6 Å². The van der Waals surface area contributed by atoms with E-state index < -0.39 is 17.6 Å². The Bertz CT molecular complexity index is 894. The number of anilines is 2. The highest BCUT2D eigenvalue weighted by Gasteiger charge is 2.45. The molecule has 2 aromatic carbocycles. The molecule has 7 heteroatoms. The lowest BCUT2D eigenvalue weighted by Gasteiger charge is -2.44. The van der Waals surface area contributed by atoms with Gasteiger partial charge in [-0.1, -0.05) is 41.9 Å². The second kappa shape index (κ2) is 6.87. The molecule has 2 aromatic rings. The molecule has 0 aliphatic carbocycles. The van der Waals surface area contributed by atoms with Gasteiger partial charge in [0.25, 0.3) is 5.91 Å². The molecule has 1 atom stereocenters. The highest BCUT2D eigenvalue weighted by atomic mass is 35.5. The lowest BCUT2D eigenvalue weighted by atomic mass is 9.84. The van der Waals surface area contributed by atoms with Crippen molar-refractivity contribution in [1.29, 1.82) is 0 Å². The number of rotatable bonds is 2. The molecule has 0 bridgehead atoms. The van der Waals surface area contributed by atoms with Gasteiger partial charge in [-0.05, 0) is 31.0 Å². The zero-order valence-corrected chi connectivity index (χ0v) is 15.4. The van der Waals surface area contributed by atoms with Crippen molar-refractivity contribution < 1.29 is 14.7 Å². The molecule has 3 N–H and O–H groups in total. The number of likely N-dealkylation sites (tertiary alicyclic amines) is 1. The van der Waals surface area contributed by atoms with Crippen molar-refractivity contribution in [3.8, 4) is 0 Å². The topological polar surface area (TPSA) is 81.7 Å². The summed E-state index contributed by atoms with van der Waals surface area (Å²) in [6, 6.07) is 14.3. The first-order valence-corrected chi connectivity index (χ1v) is 9.28. The number of fused-ring (bicyclic) bond motifs is 1. The minimum absolute atomic E-state index is 0.0834. The third-order valence-corrected chi connectivity index (χ3v) is 5.69. The average molecular weight is 386 g/mol. The van der Waals surface area contributed by atoms with Crippen LogP contribution in [0, 0.1) is 0 Å². The normalized spacial score (nSPS) is 19.0. The zero-order valence-electron chi connectivity index (χ0n) is 14.6. The van der Waals surface area contributed by atoms with E-state index in [9.17, 15) is 14.7 Å². The highest BCUT2D eigenvalue weighted by molar-refractivity contribution is 6.31. The average Bonchev–Trinajstić information content (AvgIpc) is 2.69. The molecule has 1 fully saturated rings. The van der Waals surface area contributed by atoms with Gasteiger partial charge < -0.3 is 20.6 Å². The Morgan fingerprint density at radius 2 is 1.70 bits per heavy atom. The second-order valence-corrected chi connectivity index (χ2v) is 7.36. The Labute approximate surface area is 162 Å². The van der Waals surface area contributed by atoms with Crippen molar-refractivity contribution >= 4 is 34.8 Å². The minimum Gasteiger partial charge on any atom is -0.378 e. The second-order valence-electron chi connectivity index (χ2n) is 6.96. The van der Waals surface area contributed by atoms with Crippen molar-refractivity contribution in [2.24, 2.45) is 0 Å². The smallest absolute Gasteiger partial charge is 0.256 e. The van der Waals surface area contributed by atoms with Gasteiger partial charge in [0.05, 0.1) is 11.4 Å². The molecule has 0 radical (unpaired) electrons. The molecule has 2 aliphatic heterocycles. The van der Waals surface area contributed by atoms with Crippen LogP contribution < -0.4 is 10.6 Å². The van der Waals surface area contributed by atoms with Gasteiger partial charge in [-0.2, -0.15) is 0 Å². The van der Waals surface area contributed by atoms with E-state index in [0.29, 0.717) is 36.5 Å². The predicted octanol–water partition coefficient (Wildman–Crippen LogP) is 2.80. The molecule has 1 spiro atoms. The van der Waals surface area contributed by atoms with Crippen LogP contribution in [0.5, 0.6) is 0 Å². The van der Waals surface area contributed by atoms with Crippen LogP contribution in [-0.4, -0.2) is 40.4 Å². The van der Waals surface area contributed by atoms with Crippen molar-refractivity contribution in [2.75, 3.05) is 23.7 Å². The van der Waals surface area contributed by atoms with Crippen LogP contribution in [0.3, 0.4) is 0 Å². The molecular formula is C20H20ClN3O3. The van der Waals surface area contributed by atoms with Gasteiger partial charge >= 0.3 is 0 Å². The number of nitrogens with one attached hydrogen (secondary N) is 2. The van der Waals surface area contributed by atoms with Gasteiger partial charge in [0.15, 0.2) is 6.10 Å². The van der Waals surface area contributed by atoms with Gasteiger partial charge in [-0.15, -0.1) is 0 Å². The fourth-order valence-electron chi connectivity index (χ4n) is 3.72. The monoisotopic (exact) mass is 385 g/mol. The molecule has 140 valence electrons. The lowest BCUT2D eigenvalue weighted by Crippen LogP contribution is -2.59. The highest BCUT2D eigenvalue weighted by Crippen LogP contribution is 2.37. The number of halogens is 1. The number of benzene rings is 2. The summed E-state index contributed by atoms with van der Waals surface area (Å²) in [5.41, 5.74) is 1.31. The fourth-order valence-corrected chi connectivity index (χ4v) is 3.96. The van der Waals surface area contributed by atoms with Gasteiger partial charge in [0.1, 0.15) is 5.54 Å². The summed E-state index contributed by atoms with van der Waals surface area (Å²) in [7, 11) is 0. The summed E-state index contributed by atoms with van der Waals surface area (Å²) < 4.78 is 0. The molecule has 0 saturated carbocycles. The van der Waals surface area contributed by atoms with E-state index in [-0.39, 0.29) is 5.91 Å². The molecular weight excluding hydrogens is 366 g/mol. The van der Waals surface area contributed by atoms with Crippen LogP contribution in [-0.2, 0) is 9.59 Å². The van der Waals surface area contributed by atoms with Crippen molar-refractivity contribution in [1.82, 2.24) is 4.90 Å². The Balaban J connectivity index is 1.47. The van der Waals surface area contributed by atoms with E-state index in [1.807, 2.05) is 24.3 Å². The Kier molecular flexibility index (Phi) is 4.53. The number of aliphatic hydroxyl groups excluding tert-OH is 1. The molecule has 6 nitrogen and oxygen atoms in total. The van der Waals surface area contributed by atoms with Gasteiger partial charge in [-0.25, -0.2) is 0 Å². The largest absolute Gasteiger partial charge is 0.378 e. The number of carbonyl (C=O) groups excluding carboxylic acids is 2. The quantitative estimate of drug-likeness (QED) is 0.742. The summed E-state index contributed by atoms with van der Waals surface area (Å²) in [5, 5.41) is 17.1. The Hall–Kier alpha value is -2.57. The van der Waals surface area contributed by atoms with Crippen LogP contribution >= 0.6 is 11.6 Å². The van der Waals surface area contributed by atoms with Crippen molar-refractivity contribution in [2.45, 2.75) is 24.5 Å². The number of nitrogens with zero attached hydrogens (tertiary/aromatic N) is 1. The molecule has 2 aliphatic rings. The van der Waals surface area contributed by atoms with Crippen LogP contribution in [0.1, 0.15) is 24.5 Å².